The van der Waals surface area contributed by atoms with Crippen molar-refractivity contribution in [1.29, 1.82) is 0 Å². The van der Waals surface area contributed by atoms with Gasteiger partial charge in [0, 0.05) is 5.39 Å². The van der Waals surface area contributed by atoms with Crippen LogP contribution in [0.4, 0.5) is 13.2 Å². The molecule has 0 bridgehead atoms. The second-order valence-electron chi connectivity index (χ2n) is 7.22. The number of halogens is 4. The van der Waals surface area contributed by atoms with E-state index in [2.05, 4.69) is 15.3 Å². The first kappa shape index (κ1) is 21.3. The first-order chi connectivity index (χ1) is 14.7. The molecule has 31 heavy (non-hydrogen) atoms. The van der Waals surface area contributed by atoms with E-state index in [0.717, 1.165) is 28.3 Å². The summed E-state index contributed by atoms with van der Waals surface area (Å²) in [5.41, 5.74) is -0.223. The second-order valence-corrected chi connectivity index (χ2v) is 7.61. The number of aliphatic hydroxyl groups is 1. The maximum absolute atomic E-state index is 13.3. The average Bonchev–Trinajstić information content (AvgIpc) is 3.21. The molecule has 0 saturated heterocycles. The highest BCUT2D eigenvalue weighted by atomic mass is 35.5. The highest BCUT2D eigenvalue weighted by Gasteiger charge is 2.55. The molecule has 0 aliphatic carbocycles. The van der Waals surface area contributed by atoms with Gasteiger partial charge in [0.1, 0.15) is 10.8 Å². The quantitative estimate of drug-likeness (QED) is 0.419. The molecule has 0 aliphatic heterocycles. The lowest BCUT2D eigenvalue weighted by Gasteiger charge is -2.26. The van der Waals surface area contributed by atoms with E-state index in [1.165, 1.54) is 11.6 Å². The van der Waals surface area contributed by atoms with Crippen LogP contribution in [-0.2, 0) is 12.1 Å². The van der Waals surface area contributed by atoms with Gasteiger partial charge in [0.2, 0.25) is 5.60 Å². The van der Waals surface area contributed by atoms with Crippen LogP contribution in [0.15, 0.2) is 60.8 Å². The van der Waals surface area contributed by atoms with Crippen LogP contribution in [0.1, 0.15) is 24.6 Å². The van der Waals surface area contributed by atoms with Gasteiger partial charge in [-0.25, -0.2) is 9.67 Å². The Bertz CT molecular complexity index is 1230. The molecule has 4 rings (SSSR count). The van der Waals surface area contributed by atoms with Gasteiger partial charge in [0.15, 0.2) is 0 Å². The Labute approximate surface area is 181 Å². The molecule has 9 heteroatoms. The molecule has 5 nitrogen and oxygen atoms in total. The number of hydrogen-bond donors (Lipinski definition) is 1. The minimum atomic E-state index is -4.85. The number of benzene rings is 2. The largest absolute Gasteiger partial charge is 0.423 e. The number of hydrogen-bond acceptors (Lipinski definition) is 4. The van der Waals surface area contributed by atoms with Gasteiger partial charge in [-0.05, 0) is 35.2 Å². The Morgan fingerprint density at radius 3 is 2.48 bits per heavy atom. The van der Waals surface area contributed by atoms with Crippen LogP contribution < -0.4 is 0 Å². The van der Waals surface area contributed by atoms with Crippen LogP contribution >= 0.6 is 11.6 Å². The van der Waals surface area contributed by atoms with Crippen molar-refractivity contribution in [1.82, 2.24) is 20.0 Å². The number of aromatic nitrogens is 4. The first-order valence-corrected chi connectivity index (χ1v) is 9.93. The van der Waals surface area contributed by atoms with Crippen LogP contribution in [-0.4, -0.2) is 31.3 Å². The molecule has 1 unspecified atom stereocenters. The molecular formula is C22H18ClF3N4O. The highest BCUT2D eigenvalue weighted by molar-refractivity contribution is 6.30. The fourth-order valence-corrected chi connectivity index (χ4v) is 3.68. The summed E-state index contributed by atoms with van der Waals surface area (Å²) in [6.45, 7) is 1.41. The Balaban J connectivity index is 1.67. The lowest BCUT2D eigenvalue weighted by atomic mass is 9.96. The first-order valence-electron chi connectivity index (χ1n) is 9.55. The minimum Gasteiger partial charge on any atom is -0.375 e. The third-order valence-corrected chi connectivity index (χ3v) is 5.41. The zero-order valence-electron chi connectivity index (χ0n) is 16.4. The molecule has 1 atom stereocenters. The van der Waals surface area contributed by atoms with E-state index in [-0.39, 0.29) is 6.54 Å². The molecule has 2 aromatic heterocycles. The molecule has 0 fully saturated rings. The zero-order chi connectivity index (χ0) is 22.2. The van der Waals surface area contributed by atoms with Crippen molar-refractivity contribution < 1.29 is 18.3 Å². The summed E-state index contributed by atoms with van der Waals surface area (Å²) in [5.74, 6) is 0. The molecule has 0 amide bonds. The van der Waals surface area contributed by atoms with E-state index < -0.39 is 23.9 Å². The van der Waals surface area contributed by atoms with Gasteiger partial charge in [-0.15, -0.1) is 5.10 Å². The van der Waals surface area contributed by atoms with Crippen LogP contribution in [0, 0.1) is 0 Å². The maximum Gasteiger partial charge on any atom is 0.423 e. The third kappa shape index (κ3) is 4.00. The molecule has 2 heterocycles. The number of fused-ring (bicyclic) bond motifs is 1. The van der Waals surface area contributed by atoms with E-state index in [1.807, 2.05) is 48.5 Å². The number of rotatable bonds is 5. The number of pyridine rings is 1. The SMILES string of the molecule is CCC(O)(c1cn(Cc2ccc3c(-c4ccccc4)cc(Cl)nc3c2)nn1)C(F)(F)F. The minimum absolute atomic E-state index is 0.162. The predicted octanol–water partition coefficient (Wildman–Crippen LogP) is 5.35. The number of nitrogens with zero attached hydrogens (tertiary/aromatic N) is 4. The zero-order valence-corrected chi connectivity index (χ0v) is 17.2. The van der Waals surface area contributed by atoms with Crippen molar-refractivity contribution in [2.75, 3.05) is 0 Å². The number of alkyl halides is 3. The van der Waals surface area contributed by atoms with Gasteiger partial charge in [-0.2, -0.15) is 13.2 Å². The van der Waals surface area contributed by atoms with Crippen molar-refractivity contribution in [3.63, 3.8) is 0 Å². The fraction of sp³-hybridized carbons (Fsp3) is 0.227. The molecule has 1 N–H and O–H groups in total. The smallest absolute Gasteiger partial charge is 0.375 e. The van der Waals surface area contributed by atoms with E-state index in [9.17, 15) is 18.3 Å². The standard InChI is InChI=1S/C22H18ClF3N4O/c1-2-21(31,22(24,25)26)19-13-30(29-28-19)12-14-8-9-16-17(15-6-4-3-5-7-15)11-20(23)27-18(16)10-14/h3-11,13,31H,2,12H2,1H3. The van der Waals surface area contributed by atoms with Crippen molar-refractivity contribution in [2.45, 2.75) is 31.7 Å². The Kier molecular flexibility index (Phi) is 5.45. The molecule has 0 spiro atoms. The lowest BCUT2D eigenvalue weighted by molar-refractivity contribution is -0.269. The van der Waals surface area contributed by atoms with Crippen molar-refractivity contribution in [3.05, 3.63) is 77.2 Å². The van der Waals surface area contributed by atoms with Gasteiger partial charge < -0.3 is 5.11 Å². The molecule has 0 aliphatic rings. The Hall–Kier alpha value is -2.97. The molecule has 160 valence electrons. The topological polar surface area (TPSA) is 63.8 Å². The second kappa shape index (κ2) is 7.94. The van der Waals surface area contributed by atoms with E-state index in [4.69, 9.17) is 11.6 Å². The Morgan fingerprint density at radius 1 is 1.06 bits per heavy atom. The summed E-state index contributed by atoms with van der Waals surface area (Å²) >= 11 is 6.23. The van der Waals surface area contributed by atoms with Crippen molar-refractivity contribution in [3.8, 4) is 11.1 Å². The highest BCUT2D eigenvalue weighted by Crippen LogP contribution is 2.40. The van der Waals surface area contributed by atoms with Crippen molar-refractivity contribution >= 4 is 22.5 Å². The van der Waals surface area contributed by atoms with Gasteiger partial charge in [0.25, 0.3) is 0 Å². The van der Waals surface area contributed by atoms with E-state index in [1.54, 1.807) is 6.07 Å². The lowest BCUT2D eigenvalue weighted by Crippen LogP contribution is -2.42. The molecule has 0 saturated carbocycles. The van der Waals surface area contributed by atoms with Gasteiger partial charge >= 0.3 is 6.18 Å². The third-order valence-electron chi connectivity index (χ3n) is 5.22. The monoisotopic (exact) mass is 446 g/mol. The van der Waals surface area contributed by atoms with Gasteiger partial charge in [0.05, 0.1) is 18.3 Å². The van der Waals surface area contributed by atoms with Crippen LogP contribution in [0.5, 0.6) is 0 Å². The Morgan fingerprint density at radius 2 is 1.81 bits per heavy atom. The summed E-state index contributed by atoms with van der Waals surface area (Å²) in [7, 11) is 0. The summed E-state index contributed by atoms with van der Waals surface area (Å²) in [6, 6.07) is 17.1. The van der Waals surface area contributed by atoms with E-state index in [0.29, 0.717) is 10.7 Å². The van der Waals surface area contributed by atoms with Crippen LogP contribution in [0.25, 0.3) is 22.0 Å². The summed E-state index contributed by atoms with van der Waals surface area (Å²) in [6.07, 6.45) is -4.29. The fourth-order valence-electron chi connectivity index (χ4n) is 3.48. The normalized spacial score (nSPS) is 14.0. The van der Waals surface area contributed by atoms with E-state index >= 15 is 0 Å². The summed E-state index contributed by atoms with van der Waals surface area (Å²) < 4.78 is 41.1. The van der Waals surface area contributed by atoms with Crippen LogP contribution in [0.2, 0.25) is 5.15 Å². The molecule has 0 radical (unpaired) electrons. The molecule has 4 aromatic rings. The summed E-state index contributed by atoms with van der Waals surface area (Å²) in [4.78, 5) is 4.39. The average molecular weight is 447 g/mol. The van der Waals surface area contributed by atoms with Gasteiger partial charge in [-0.1, -0.05) is 66.2 Å². The summed E-state index contributed by atoms with van der Waals surface area (Å²) in [5, 5.41) is 18.6. The maximum atomic E-state index is 13.3. The molecular weight excluding hydrogens is 429 g/mol. The predicted molar refractivity (Wildman–Crippen MR) is 112 cm³/mol. The van der Waals surface area contributed by atoms with Gasteiger partial charge in [-0.3, -0.25) is 0 Å². The van der Waals surface area contributed by atoms with Crippen LogP contribution in [0.3, 0.4) is 0 Å². The van der Waals surface area contributed by atoms with Crippen molar-refractivity contribution in [2.24, 2.45) is 0 Å². The molecule has 2 aromatic carbocycles.